The van der Waals surface area contributed by atoms with Crippen LogP contribution in [0.15, 0.2) is 22.7 Å². The number of halogens is 1. The average Bonchev–Trinajstić information content (AvgIpc) is 2.90. The summed E-state index contributed by atoms with van der Waals surface area (Å²) in [5.74, 6) is 0.953. The predicted molar refractivity (Wildman–Crippen MR) is 82.4 cm³/mol. The molecule has 0 radical (unpaired) electrons. The van der Waals surface area contributed by atoms with Gasteiger partial charge >= 0.3 is 0 Å². The minimum absolute atomic E-state index is 0.0465. The molecule has 104 valence electrons. The van der Waals surface area contributed by atoms with E-state index in [0.29, 0.717) is 0 Å². The lowest BCUT2D eigenvalue weighted by atomic mass is 10.0. The zero-order valence-corrected chi connectivity index (χ0v) is 13.1. The molecule has 0 saturated heterocycles. The van der Waals surface area contributed by atoms with E-state index in [9.17, 15) is 4.79 Å². The van der Waals surface area contributed by atoms with Crippen LogP contribution in [0.3, 0.4) is 0 Å². The van der Waals surface area contributed by atoms with Crippen LogP contribution < -0.4 is 5.32 Å². The fourth-order valence-corrected chi connectivity index (χ4v) is 3.19. The van der Waals surface area contributed by atoms with E-state index >= 15 is 0 Å². The van der Waals surface area contributed by atoms with Crippen molar-refractivity contribution in [3.63, 3.8) is 0 Å². The van der Waals surface area contributed by atoms with Crippen LogP contribution in [0.2, 0.25) is 0 Å². The van der Waals surface area contributed by atoms with Crippen LogP contribution in [0.1, 0.15) is 54.4 Å². The fraction of sp³-hybridized carbons (Fsp3) is 0.562. The van der Waals surface area contributed by atoms with Gasteiger partial charge in [0.1, 0.15) is 0 Å². The Hall–Kier alpha value is -0.830. The maximum absolute atomic E-state index is 12.1. The van der Waals surface area contributed by atoms with Crippen molar-refractivity contribution in [1.29, 1.82) is 0 Å². The quantitative estimate of drug-likeness (QED) is 0.796. The van der Waals surface area contributed by atoms with Crippen LogP contribution in [0, 0.1) is 12.8 Å². The Balaban J connectivity index is 1.75. The number of nitrogens with one attached hydrogen (secondary N) is 1. The van der Waals surface area contributed by atoms with E-state index in [1.54, 1.807) is 0 Å². The zero-order valence-electron chi connectivity index (χ0n) is 11.5. The number of hydrogen-bond acceptors (Lipinski definition) is 1. The molecule has 1 N–H and O–H groups in total. The van der Waals surface area contributed by atoms with Crippen molar-refractivity contribution in [1.82, 2.24) is 5.32 Å². The Labute approximate surface area is 124 Å². The second kappa shape index (κ2) is 7.09. The van der Waals surface area contributed by atoms with E-state index < -0.39 is 0 Å². The lowest BCUT2D eigenvalue weighted by molar-refractivity contribution is 0.0952. The third kappa shape index (κ3) is 4.34. The Bertz CT molecular complexity index is 438. The largest absolute Gasteiger partial charge is 0.352 e. The van der Waals surface area contributed by atoms with E-state index in [1.165, 1.54) is 32.1 Å². The van der Waals surface area contributed by atoms with Gasteiger partial charge in [0.05, 0.1) is 0 Å². The molecule has 1 aromatic carbocycles. The Morgan fingerprint density at radius 2 is 2.11 bits per heavy atom. The number of aryl methyl sites for hydroxylation is 1. The van der Waals surface area contributed by atoms with Gasteiger partial charge in [-0.15, -0.1) is 0 Å². The van der Waals surface area contributed by atoms with Gasteiger partial charge in [0.15, 0.2) is 0 Å². The molecule has 0 unspecified atom stereocenters. The molecule has 1 aliphatic carbocycles. The Morgan fingerprint density at radius 3 is 2.84 bits per heavy atom. The smallest absolute Gasteiger partial charge is 0.251 e. The van der Waals surface area contributed by atoms with Crippen molar-refractivity contribution in [3.05, 3.63) is 33.8 Å². The molecule has 0 aliphatic heterocycles. The van der Waals surface area contributed by atoms with Crippen LogP contribution in [0.5, 0.6) is 0 Å². The van der Waals surface area contributed by atoms with Crippen molar-refractivity contribution in [2.24, 2.45) is 5.92 Å². The predicted octanol–water partition coefficient (Wildman–Crippen LogP) is 4.46. The molecular weight excluding hydrogens is 302 g/mol. The summed E-state index contributed by atoms with van der Waals surface area (Å²) in [6.07, 6.45) is 7.93. The van der Waals surface area contributed by atoms with Crippen LogP contribution >= 0.6 is 15.9 Å². The second-order valence-electron chi connectivity index (χ2n) is 5.51. The number of benzene rings is 1. The standard InChI is InChI=1S/C16H22BrNO/c1-12-8-9-14(17)11-15(12)16(19)18-10-4-7-13-5-2-3-6-13/h8-9,11,13H,2-7,10H2,1H3,(H,18,19). The highest BCUT2D eigenvalue weighted by molar-refractivity contribution is 9.10. The molecule has 2 nitrogen and oxygen atoms in total. The van der Waals surface area contributed by atoms with Crippen LogP contribution in [-0.2, 0) is 0 Å². The number of carbonyl (C=O) groups excluding carboxylic acids is 1. The van der Waals surface area contributed by atoms with Gasteiger partial charge in [-0.3, -0.25) is 4.79 Å². The molecule has 1 fully saturated rings. The first-order valence-corrected chi connectivity index (χ1v) is 8.00. The third-order valence-electron chi connectivity index (χ3n) is 3.99. The molecule has 0 atom stereocenters. The molecular formula is C16H22BrNO. The van der Waals surface area contributed by atoms with Gasteiger partial charge in [0.2, 0.25) is 0 Å². The van der Waals surface area contributed by atoms with Gasteiger partial charge in [0.25, 0.3) is 5.91 Å². The summed E-state index contributed by atoms with van der Waals surface area (Å²) in [5.41, 5.74) is 1.80. The minimum Gasteiger partial charge on any atom is -0.352 e. The summed E-state index contributed by atoms with van der Waals surface area (Å²) in [7, 11) is 0. The first kappa shape index (κ1) is 14.6. The number of amides is 1. The van der Waals surface area contributed by atoms with Crippen molar-refractivity contribution < 1.29 is 4.79 Å². The van der Waals surface area contributed by atoms with E-state index in [2.05, 4.69) is 21.2 Å². The molecule has 3 heteroatoms. The number of rotatable bonds is 5. The summed E-state index contributed by atoms with van der Waals surface area (Å²) in [6, 6.07) is 5.82. The van der Waals surface area contributed by atoms with Gasteiger partial charge in [0, 0.05) is 16.6 Å². The van der Waals surface area contributed by atoms with Crippen molar-refractivity contribution >= 4 is 21.8 Å². The number of carbonyl (C=O) groups is 1. The first-order valence-electron chi connectivity index (χ1n) is 7.21. The molecule has 0 aromatic heterocycles. The summed E-state index contributed by atoms with van der Waals surface area (Å²) >= 11 is 3.41. The zero-order chi connectivity index (χ0) is 13.7. The molecule has 1 saturated carbocycles. The molecule has 1 aromatic rings. The molecule has 1 aliphatic rings. The van der Waals surface area contributed by atoms with Crippen molar-refractivity contribution in [2.45, 2.75) is 45.4 Å². The molecule has 0 heterocycles. The third-order valence-corrected chi connectivity index (χ3v) is 4.49. The molecule has 0 spiro atoms. The first-order chi connectivity index (χ1) is 9.16. The summed E-state index contributed by atoms with van der Waals surface area (Å²) in [4.78, 5) is 12.1. The van der Waals surface area contributed by atoms with E-state index in [0.717, 1.165) is 34.5 Å². The summed E-state index contributed by atoms with van der Waals surface area (Å²) in [5, 5.41) is 3.03. The van der Waals surface area contributed by atoms with Crippen LogP contribution in [0.25, 0.3) is 0 Å². The van der Waals surface area contributed by atoms with Crippen molar-refractivity contribution in [2.75, 3.05) is 6.54 Å². The highest BCUT2D eigenvalue weighted by Crippen LogP contribution is 2.28. The Morgan fingerprint density at radius 1 is 1.37 bits per heavy atom. The molecule has 19 heavy (non-hydrogen) atoms. The van der Waals surface area contributed by atoms with Gasteiger partial charge in [-0.1, -0.05) is 47.7 Å². The monoisotopic (exact) mass is 323 g/mol. The van der Waals surface area contributed by atoms with Gasteiger partial charge in [-0.2, -0.15) is 0 Å². The lowest BCUT2D eigenvalue weighted by Gasteiger charge is -2.10. The summed E-state index contributed by atoms with van der Waals surface area (Å²) < 4.78 is 0.953. The molecule has 1 amide bonds. The minimum atomic E-state index is 0.0465. The average molecular weight is 324 g/mol. The Kier molecular flexibility index (Phi) is 5.44. The van der Waals surface area contributed by atoms with E-state index in [-0.39, 0.29) is 5.91 Å². The maximum Gasteiger partial charge on any atom is 0.251 e. The lowest BCUT2D eigenvalue weighted by Crippen LogP contribution is -2.25. The van der Waals surface area contributed by atoms with E-state index in [1.807, 2.05) is 25.1 Å². The molecule has 0 bridgehead atoms. The SMILES string of the molecule is Cc1ccc(Br)cc1C(=O)NCCCC1CCCC1. The van der Waals surface area contributed by atoms with Crippen LogP contribution in [0.4, 0.5) is 0 Å². The van der Waals surface area contributed by atoms with Gasteiger partial charge in [-0.25, -0.2) is 0 Å². The van der Waals surface area contributed by atoms with E-state index in [4.69, 9.17) is 0 Å². The summed E-state index contributed by atoms with van der Waals surface area (Å²) in [6.45, 7) is 2.77. The second-order valence-corrected chi connectivity index (χ2v) is 6.42. The number of hydrogen-bond donors (Lipinski definition) is 1. The topological polar surface area (TPSA) is 29.1 Å². The van der Waals surface area contributed by atoms with Gasteiger partial charge < -0.3 is 5.32 Å². The highest BCUT2D eigenvalue weighted by Gasteiger charge is 2.14. The molecule has 2 rings (SSSR count). The highest BCUT2D eigenvalue weighted by atomic mass is 79.9. The maximum atomic E-state index is 12.1. The van der Waals surface area contributed by atoms with Crippen LogP contribution in [-0.4, -0.2) is 12.5 Å². The fourth-order valence-electron chi connectivity index (χ4n) is 2.83. The van der Waals surface area contributed by atoms with Crippen molar-refractivity contribution in [3.8, 4) is 0 Å². The van der Waals surface area contributed by atoms with Gasteiger partial charge in [-0.05, 0) is 43.4 Å². The normalized spacial score (nSPS) is 15.7.